The normalized spacial score (nSPS) is 10.4. The molecular formula is C14H13BrFNO. The first-order valence-corrected chi connectivity index (χ1v) is 6.32. The summed E-state index contributed by atoms with van der Waals surface area (Å²) >= 11 is 3.43. The van der Waals surface area contributed by atoms with Gasteiger partial charge in [-0.05, 0) is 42.8 Å². The molecule has 0 radical (unpaired) electrons. The van der Waals surface area contributed by atoms with Crippen LogP contribution in [-0.2, 0) is 6.54 Å². The molecule has 2 aromatic rings. The van der Waals surface area contributed by atoms with E-state index in [-0.39, 0.29) is 5.82 Å². The maximum absolute atomic E-state index is 13.0. The van der Waals surface area contributed by atoms with Gasteiger partial charge in [0, 0.05) is 16.6 Å². The van der Waals surface area contributed by atoms with Crippen LogP contribution < -0.4 is 10.5 Å². The van der Waals surface area contributed by atoms with E-state index in [0.717, 1.165) is 15.6 Å². The second-order valence-corrected chi connectivity index (χ2v) is 4.79. The lowest BCUT2D eigenvalue weighted by Gasteiger charge is -2.13. The monoisotopic (exact) mass is 309 g/mol. The van der Waals surface area contributed by atoms with Gasteiger partial charge in [-0.15, -0.1) is 0 Å². The Morgan fingerprint density at radius 2 is 2.00 bits per heavy atom. The molecular weight excluding hydrogens is 297 g/mol. The number of rotatable bonds is 3. The van der Waals surface area contributed by atoms with Crippen molar-refractivity contribution in [3.05, 3.63) is 57.8 Å². The van der Waals surface area contributed by atoms with Crippen molar-refractivity contribution in [1.29, 1.82) is 0 Å². The van der Waals surface area contributed by atoms with E-state index in [1.165, 1.54) is 12.1 Å². The maximum Gasteiger partial charge on any atom is 0.133 e. The fourth-order valence-corrected chi connectivity index (χ4v) is 2.19. The molecule has 94 valence electrons. The summed E-state index contributed by atoms with van der Waals surface area (Å²) in [6, 6.07) is 10.1. The van der Waals surface area contributed by atoms with Crippen LogP contribution in [0.5, 0.6) is 11.5 Å². The Labute approximate surface area is 114 Å². The molecule has 2 N–H and O–H groups in total. The molecule has 0 amide bonds. The van der Waals surface area contributed by atoms with Crippen molar-refractivity contribution in [1.82, 2.24) is 0 Å². The molecule has 2 nitrogen and oxygen atoms in total. The van der Waals surface area contributed by atoms with Crippen molar-refractivity contribution in [3.63, 3.8) is 0 Å². The Kier molecular flexibility index (Phi) is 3.99. The van der Waals surface area contributed by atoms with Crippen LogP contribution in [-0.4, -0.2) is 0 Å². The number of aryl methyl sites for hydroxylation is 1. The van der Waals surface area contributed by atoms with Gasteiger partial charge in [-0.25, -0.2) is 4.39 Å². The molecule has 0 bridgehead atoms. The van der Waals surface area contributed by atoms with Crippen LogP contribution >= 0.6 is 15.9 Å². The van der Waals surface area contributed by atoms with Gasteiger partial charge in [-0.1, -0.05) is 22.0 Å². The Hall–Kier alpha value is -1.39. The second-order valence-electron chi connectivity index (χ2n) is 3.93. The SMILES string of the molecule is Cc1cc(F)ccc1Oc1cccc(Br)c1CN. The van der Waals surface area contributed by atoms with Gasteiger partial charge in [-0.3, -0.25) is 0 Å². The molecule has 2 aromatic carbocycles. The molecule has 0 aromatic heterocycles. The van der Waals surface area contributed by atoms with E-state index in [1.807, 2.05) is 18.2 Å². The van der Waals surface area contributed by atoms with Crippen molar-refractivity contribution < 1.29 is 9.13 Å². The van der Waals surface area contributed by atoms with Crippen LogP contribution in [0.25, 0.3) is 0 Å². The maximum atomic E-state index is 13.0. The third-order valence-corrected chi connectivity index (χ3v) is 3.38. The van der Waals surface area contributed by atoms with Gasteiger partial charge in [0.05, 0.1) is 0 Å². The molecule has 0 aliphatic heterocycles. The standard InChI is InChI=1S/C14H13BrFNO/c1-9-7-10(16)5-6-13(9)18-14-4-2-3-12(15)11(14)8-17/h2-7H,8,17H2,1H3. The summed E-state index contributed by atoms with van der Waals surface area (Å²) < 4.78 is 19.7. The Balaban J connectivity index is 2.37. The molecule has 0 atom stereocenters. The minimum absolute atomic E-state index is 0.270. The lowest BCUT2D eigenvalue weighted by molar-refractivity contribution is 0.470. The predicted molar refractivity (Wildman–Crippen MR) is 73.2 cm³/mol. The van der Waals surface area contributed by atoms with Crippen LogP contribution in [0, 0.1) is 12.7 Å². The number of hydrogen-bond acceptors (Lipinski definition) is 2. The van der Waals surface area contributed by atoms with Gasteiger partial charge in [-0.2, -0.15) is 0 Å². The summed E-state index contributed by atoms with van der Waals surface area (Å²) in [4.78, 5) is 0. The van der Waals surface area contributed by atoms with Crippen molar-refractivity contribution in [2.75, 3.05) is 0 Å². The molecule has 0 fully saturated rings. The summed E-state index contributed by atoms with van der Waals surface area (Å²) in [6.07, 6.45) is 0. The van der Waals surface area contributed by atoms with Gasteiger partial charge in [0.1, 0.15) is 17.3 Å². The molecule has 0 spiro atoms. The van der Waals surface area contributed by atoms with Crippen molar-refractivity contribution in [2.45, 2.75) is 13.5 Å². The van der Waals surface area contributed by atoms with Crippen LogP contribution in [0.15, 0.2) is 40.9 Å². The topological polar surface area (TPSA) is 35.2 Å². The predicted octanol–water partition coefficient (Wildman–Crippen LogP) is 4.15. The highest BCUT2D eigenvalue weighted by Gasteiger charge is 2.09. The second kappa shape index (κ2) is 5.50. The molecule has 2 rings (SSSR count). The van der Waals surface area contributed by atoms with E-state index in [9.17, 15) is 4.39 Å². The zero-order chi connectivity index (χ0) is 13.1. The van der Waals surface area contributed by atoms with Crippen LogP contribution in [0.1, 0.15) is 11.1 Å². The minimum Gasteiger partial charge on any atom is -0.457 e. The minimum atomic E-state index is -0.270. The molecule has 0 aliphatic rings. The number of nitrogens with two attached hydrogens (primary N) is 1. The highest BCUT2D eigenvalue weighted by Crippen LogP contribution is 2.31. The van der Waals surface area contributed by atoms with Gasteiger partial charge in [0.15, 0.2) is 0 Å². The molecule has 0 heterocycles. The Morgan fingerprint density at radius 1 is 1.22 bits per heavy atom. The average molecular weight is 310 g/mol. The van der Waals surface area contributed by atoms with Gasteiger partial charge < -0.3 is 10.5 Å². The number of hydrogen-bond donors (Lipinski definition) is 1. The highest BCUT2D eigenvalue weighted by atomic mass is 79.9. The first-order valence-electron chi connectivity index (χ1n) is 5.53. The van der Waals surface area contributed by atoms with Crippen LogP contribution in [0.4, 0.5) is 4.39 Å². The molecule has 4 heteroatoms. The van der Waals surface area contributed by atoms with Crippen molar-refractivity contribution in [3.8, 4) is 11.5 Å². The summed E-state index contributed by atoms with van der Waals surface area (Å²) in [6.45, 7) is 2.18. The first kappa shape index (κ1) is 13.1. The van der Waals surface area contributed by atoms with Crippen molar-refractivity contribution >= 4 is 15.9 Å². The number of halogens is 2. The summed E-state index contributed by atoms with van der Waals surface area (Å²) in [7, 11) is 0. The van der Waals surface area contributed by atoms with E-state index in [4.69, 9.17) is 10.5 Å². The lowest BCUT2D eigenvalue weighted by Crippen LogP contribution is -2.01. The summed E-state index contributed by atoms with van der Waals surface area (Å²) in [5, 5.41) is 0. The quantitative estimate of drug-likeness (QED) is 0.924. The Morgan fingerprint density at radius 3 is 2.67 bits per heavy atom. The fourth-order valence-electron chi connectivity index (χ4n) is 1.68. The smallest absolute Gasteiger partial charge is 0.133 e. The van der Waals surface area contributed by atoms with Gasteiger partial charge in [0.25, 0.3) is 0 Å². The molecule has 18 heavy (non-hydrogen) atoms. The zero-order valence-corrected chi connectivity index (χ0v) is 11.5. The van der Waals surface area contributed by atoms with E-state index >= 15 is 0 Å². The highest BCUT2D eigenvalue weighted by molar-refractivity contribution is 9.10. The fraction of sp³-hybridized carbons (Fsp3) is 0.143. The lowest BCUT2D eigenvalue weighted by atomic mass is 10.2. The van der Waals surface area contributed by atoms with Gasteiger partial charge in [0.2, 0.25) is 0 Å². The van der Waals surface area contributed by atoms with E-state index in [0.29, 0.717) is 18.0 Å². The average Bonchev–Trinajstić information content (AvgIpc) is 2.33. The molecule has 0 aliphatic carbocycles. The van der Waals surface area contributed by atoms with Gasteiger partial charge >= 0.3 is 0 Å². The third-order valence-electron chi connectivity index (χ3n) is 2.64. The van der Waals surface area contributed by atoms with E-state index < -0.39 is 0 Å². The summed E-state index contributed by atoms with van der Waals surface area (Å²) in [5.74, 6) is 1.04. The number of benzene rings is 2. The van der Waals surface area contributed by atoms with Crippen LogP contribution in [0.3, 0.4) is 0 Å². The molecule has 0 saturated carbocycles. The Bertz CT molecular complexity index is 572. The van der Waals surface area contributed by atoms with Crippen LogP contribution in [0.2, 0.25) is 0 Å². The van der Waals surface area contributed by atoms with E-state index in [2.05, 4.69) is 15.9 Å². The summed E-state index contributed by atoms with van der Waals surface area (Å²) in [5.41, 5.74) is 7.34. The third kappa shape index (κ3) is 2.71. The zero-order valence-electron chi connectivity index (χ0n) is 9.91. The molecule has 0 unspecified atom stereocenters. The molecule has 0 saturated heterocycles. The number of ether oxygens (including phenoxy) is 1. The van der Waals surface area contributed by atoms with E-state index in [1.54, 1.807) is 13.0 Å². The largest absolute Gasteiger partial charge is 0.457 e. The first-order chi connectivity index (χ1) is 8.61. The van der Waals surface area contributed by atoms with Crippen molar-refractivity contribution in [2.24, 2.45) is 5.73 Å².